The van der Waals surface area contributed by atoms with Gasteiger partial charge < -0.3 is 9.57 Å². The molecule has 0 atom stereocenters. The van der Waals surface area contributed by atoms with Gasteiger partial charge in [0, 0.05) is 19.2 Å². The molecule has 84 valence electrons. The fourth-order valence-corrected chi connectivity index (χ4v) is 1.66. The summed E-state index contributed by atoms with van der Waals surface area (Å²) < 4.78 is 5.20. The highest BCUT2D eigenvalue weighted by molar-refractivity contribution is 5.32. The van der Waals surface area contributed by atoms with Gasteiger partial charge in [0.2, 0.25) is 0 Å². The van der Waals surface area contributed by atoms with Crippen LogP contribution < -0.4 is 9.57 Å². The van der Waals surface area contributed by atoms with E-state index >= 15 is 0 Å². The highest BCUT2D eigenvalue weighted by Crippen LogP contribution is 2.21. The minimum atomic E-state index is 0.0627. The first-order valence-electron chi connectivity index (χ1n) is 5.41. The van der Waals surface area contributed by atoms with Gasteiger partial charge >= 0.3 is 0 Å². The van der Waals surface area contributed by atoms with E-state index in [2.05, 4.69) is 0 Å². The maximum Gasteiger partial charge on any atom is 0.174 e. The molecule has 4 heteroatoms. The van der Waals surface area contributed by atoms with Gasteiger partial charge in [-0.25, -0.2) is 0 Å². The normalized spacial score (nSPS) is 15.7. The third-order valence-electron chi connectivity index (χ3n) is 2.41. The van der Waals surface area contributed by atoms with Crippen molar-refractivity contribution < 1.29 is 9.57 Å². The third-order valence-corrected chi connectivity index (χ3v) is 2.41. The lowest BCUT2D eigenvalue weighted by atomic mass is 10.3. The van der Waals surface area contributed by atoms with Crippen LogP contribution in [-0.2, 0) is 0 Å². The molecule has 1 aromatic rings. The molecule has 1 heterocycles. The van der Waals surface area contributed by atoms with Crippen LogP contribution in [-0.4, -0.2) is 24.8 Å². The Morgan fingerprint density at radius 1 is 1.25 bits per heavy atom. The number of nitriles is 1. The van der Waals surface area contributed by atoms with E-state index in [9.17, 15) is 0 Å². The summed E-state index contributed by atoms with van der Waals surface area (Å²) >= 11 is 0. The predicted octanol–water partition coefficient (Wildman–Crippen LogP) is 1.98. The fraction of sp³-hybridized carbons (Fsp3) is 0.417. The van der Waals surface area contributed by atoms with Crippen LogP contribution in [0.3, 0.4) is 0 Å². The SMILES string of the molecule is N#CCOc1cccc(ON2CCCC2)c1. The van der Waals surface area contributed by atoms with Gasteiger partial charge in [-0.05, 0) is 25.0 Å². The van der Waals surface area contributed by atoms with Gasteiger partial charge in [-0.1, -0.05) is 6.07 Å². The zero-order valence-electron chi connectivity index (χ0n) is 9.06. The van der Waals surface area contributed by atoms with Crippen LogP contribution in [0, 0.1) is 11.3 Å². The molecule has 0 bridgehead atoms. The van der Waals surface area contributed by atoms with Gasteiger partial charge in [0.05, 0.1) is 0 Å². The summed E-state index contributed by atoms with van der Waals surface area (Å²) in [4.78, 5) is 5.67. The van der Waals surface area contributed by atoms with Crippen LogP contribution in [0.5, 0.6) is 11.5 Å². The van der Waals surface area contributed by atoms with E-state index in [0.717, 1.165) is 18.8 Å². The van der Waals surface area contributed by atoms with Crippen molar-refractivity contribution in [1.82, 2.24) is 5.06 Å². The number of rotatable bonds is 4. The van der Waals surface area contributed by atoms with E-state index in [1.165, 1.54) is 12.8 Å². The molecule has 16 heavy (non-hydrogen) atoms. The zero-order valence-corrected chi connectivity index (χ0v) is 9.06. The van der Waals surface area contributed by atoms with Gasteiger partial charge in [-0.15, -0.1) is 5.06 Å². The summed E-state index contributed by atoms with van der Waals surface area (Å²) in [7, 11) is 0. The number of nitrogens with zero attached hydrogens (tertiary/aromatic N) is 2. The molecule has 0 saturated carbocycles. The Labute approximate surface area is 94.9 Å². The van der Waals surface area contributed by atoms with Crippen LogP contribution in [0.1, 0.15) is 12.8 Å². The molecule has 0 aliphatic carbocycles. The first kappa shape index (κ1) is 10.8. The summed E-state index contributed by atoms with van der Waals surface area (Å²) in [5, 5.41) is 10.4. The summed E-state index contributed by atoms with van der Waals surface area (Å²) in [6.45, 7) is 2.01. The van der Waals surface area contributed by atoms with E-state index in [1.807, 2.05) is 29.3 Å². The molecule has 1 aliphatic heterocycles. The molecule has 0 radical (unpaired) electrons. The van der Waals surface area contributed by atoms with Crippen molar-refractivity contribution in [3.63, 3.8) is 0 Å². The molecular weight excluding hydrogens is 204 g/mol. The van der Waals surface area contributed by atoms with Crippen LogP contribution in [0.25, 0.3) is 0 Å². The van der Waals surface area contributed by atoms with Crippen LogP contribution in [0.2, 0.25) is 0 Å². The average molecular weight is 218 g/mol. The maximum absolute atomic E-state index is 8.41. The molecule has 0 aromatic heterocycles. The van der Waals surface area contributed by atoms with Gasteiger partial charge in [-0.2, -0.15) is 5.26 Å². The Morgan fingerprint density at radius 2 is 2.00 bits per heavy atom. The first-order valence-corrected chi connectivity index (χ1v) is 5.41. The molecular formula is C12H14N2O2. The molecule has 1 fully saturated rings. The Balaban J connectivity index is 1.95. The lowest BCUT2D eigenvalue weighted by Gasteiger charge is -2.16. The van der Waals surface area contributed by atoms with E-state index in [0.29, 0.717) is 5.75 Å². The lowest BCUT2D eigenvalue weighted by molar-refractivity contribution is -0.0348. The number of hydrogen-bond donors (Lipinski definition) is 0. The van der Waals surface area contributed by atoms with Crippen molar-refractivity contribution in [3.8, 4) is 17.6 Å². The molecule has 1 aliphatic rings. The Hall–Kier alpha value is -1.73. The molecule has 2 rings (SSSR count). The van der Waals surface area contributed by atoms with Gasteiger partial charge in [-0.3, -0.25) is 0 Å². The smallest absolute Gasteiger partial charge is 0.174 e. The quantitative estimate of drug-likeness (QED) is 0.775. The largest absolute Gasteiger partial charge is 0.479 e. The van der Waals surface area contributed by atoms with Crippen LogP contribution in [0.15, 0.2) is 24.3 Å². The number of benzene rings is 1. The summed E-state index contributed by atoms with van der Waals surface area (Å²) in [5.41, 5.74) is 0. The second-order valence-electron chi connectivity index (χ2n) is 3.65. The zero-order chi connectivity index (χ0) is 11.2. The Kier molecular flexibility index (Phi) is 3.62. The molecule has 1 aromatic carbocycles. The molecule has 1 saturated heterocycles. The highest BCUT2D eigenvalue weighted by atomic mass is 16.7. The minimum absolute atomic E-state index is 0.0627. The van der Waals surface area contributed by atoms with Gasteiger partial charge in [0.15, 0.2) is 12.4 Å². The standard InChI is InChI=1S/C12H14N2O2/c13-6-9-15-11-4-3-5-12(10-11)16-14-7-1-2-8-14/h3-5,10H,1-2,7-9H2. The maximum atomic E-state index is 8.41. The Bertz CT molecular complexity index is 381. The average Bonchev–Trinajstić information content (AvgIpc) is 2.80. The van der Waals surface area contributed by atoms with E-state index in [1.54, 1.807) is 6.07 Å². The predicted molar refractivity (Wildman–Crippen MR) is 59.0 cm³/mol. The van der Waals surface area contributed by atoms with Crippen molar-refractivity contribution in [3.05, 3.63) is 24.3 Å². The number of ether oxygens (including phenoxy) is 1. The molecule has 0 N–H and O–H groups in total. The monoisotopic (exact) mass is 218 g/mol. The third kappa shape index (κ3) is 2.88. The van der Waals surface area contributed by atoms with Crippen LogP contribution in [0.4, 0.5) is 0 Å². The van der Waals surface area contributed by atoms with Crippen molar-refractivity contribution >= 4 is 0 Å². The Morgan fingerprint density at radius 3 is 2.75 bits per heavy atom. The summed E-state index contributed by atoms with van der Waals surface area (Å²) in [6.07, 6.45) is 2.37. The second kappa shape index (κ2) is 5.38. The van der Waals surface area contributed by atoms with Crippen molar-refractivity contribution in [2.75, 3.05) is 19.7 Å². The molecule has 0 unspecified atom stereocenters. The van der Waals surface area contributed by atoms with E-state index < -0.39 is 0 Å². The molecule has 0 spiro atoms. The first-order chi connectivity index (χ1) is 7.88. The fourth-order valence-electron chi connectivity index (χ4n) is 1.66. The van der Waals surface area contributed by atoms with Gasteiger partial charge in [0.25, 0.3) is 0 Å². The summed E-state index contributed by atoms with van der Waals surface area (Å²) in [5.74, 6) is 1.43. The summed E-state index contributed by atoms with van der Waals surface area (Å²) in [6, 6.07) is 9.30. The number of hydroxylamine groups is 2. The van der Waals surface area contributed by atoms with Crippen molar-refractivity contribution in [2.45, 2.75) is 12.8 Å². The van der Waals surface area contributed by atoms with Gasteiger partial charge in [0.1, 0.15) is 11.8 Å². The van der Waals surface area contributed by atoms with E-state index in [-0.39, 0.29) is 6.61 Å². The van der Waals surface area contributed by atoms with E-state index in [4.69, 9.17) is 14.8 Å². The topological polar surface area (TPSA) is 45.5 Å². The second-order valence-corrected chi connectivity index (χ2v) is 3.65. The highest BCUT2D eigenvalue weighted by Gasteiger charge is 2.13. The lowest BCUT2D eigenvalue weighted by Crippen LogP contribution is -2.23. The molecule has 4 nitrogen and oxygen atoms in total. The van der Waals surface area contributed by atoms with Crippen molar-refractivity contribution in [1.29, 1.82) is 5.26 Å². The molecule has 0 amide bonds. The number of hydrogen-bond acceptors (Lipinski definition) is 4. The van der Waals surface area contributed by atoms with Crippen LogP contribution >= 0.6 is 0 Å². The van der Waals surface area contributed by atoms with Crippen molar-refractivity contribution in [2.24, 2.45) is 0 Å². The minimum Gasteiger partial charge on any atom is -0.479 e.